The van der Waals surface area contributed by atoms with E-state index in [1.54, 1.807) is 33.7 Å². The number of aliphatic hydroxyl groups excluding tert-OH is 1. The maximum absolute atomic E-state index is 12.9. The normalized spacial score (nSPS) is 21.2. The second-order valence-electron chi connectivity index (χ2n) is 8.53. The molecule has 1 N–H and O–H groups in total. The van der Waals surface area contributed by atoms with Crippen molar-refractivity contribution in [3.63, 3.8) is 0 Å². The Morgan fingerprint density at radius 3 is 2.81 bits per heavy atom. The number of aliphatic hydroxyl groups is 1. The molecule has 2 heterocycles. The van der Waals surface area contributed by atoms with Crippen molar-refractivity contribution in [1.29, 1.82) is 0 Å². The highest BCUT2D eigenvalue weighted by Gasteiger charge is 2.29. The van der Waals surface area contributed by atoms with E-state index >= 15 is 0 Å². The fourth-order valence-electron chi connectivity index (χ4n) is 3.85. The number of benzene rings is 1. The molecule has 1 aromatic heterocycles. The SMILES string of the molecule is C[C@@H]1CN([C@@H](C)CO)C(=O)CCCn2cc(nn2)CO[C@@H]1CN(C)C(=O)c1ccccc1. The number of carbonyl (C=O) groups excluding carboxylic acids is 2. The fourth-order valence-corrected chi connectivity index (χ4v) is 3.85. The Bertz CT molecular complexity index is 888. The van der Waals surface area contributed by atoms with Crippen LogP contribution in [0.4, 0.5) is 0 Å². The van der Waals surface area contributed by atoms with Gasteiger partial charge >= 0.3 is 0 Å². The summed E-state index contributed by atoms with van der Waals surface area (Å²) in [6, 6.07) is 8.82. The first kappa shape index (κ1) is 23.9. The minimum atomic E-state index is -0.334. The molecule has 3 atom stereocenters. The molecule has 2 amide bonds. The van der Waals surface area contributed by atoms with Gasteiger partial charge in [0, 0.05) is 44.6 Å². The number of amides is 2. The predicted molar refractivity (Wildman–Crippen MR) is 119 cm³/mol. The van der Waals surface area contributed by atoms with Crippen LogP contribution in [0.25, 0.3) is 0 Å². The minimum Gasteiger partial charge on any atom is -0.394 e. The average molecular weight is 444 g/mol. The molecule has 0 saturated heterocycles. The van der Waals surface area contributed by atoms with Crippen LogP contribution >= 0.6 is 0 Å². The summed E-state index contributed by atoms with van der Waals surface area (Å²) < 4.78 is 7.92. The number of hydrogen-bond donors (Lipinski definition) is 1. The molecular weight excluding hydrogens is 410 g/mol. The molecule has 2 bridgehead atoms. The van der Waals surface area contributed by atoms with Gasteiger partial charge < -0.3 is 19.6 Å². The molecule has 0 fully saturated rings. The molecule has 9 heteroatoms. The molecule has 1 aromatic carbocycles. The third-order valence-corrected chi connectivity index (χ3v) is 5.87. The molecule has 0 spiro atoms. The van der Waals surface area contributed by atoms with Crippen LogP contribution in [0.2, 0.25) is 0 Å². The average Bonchev–Trinajstić information content (AvgIpc) is 3.26. The third-order valence-electron chi connectivity index (χ3n) is 5.87. The molecule has 0 radical (unpaired) electrons. The lowest BCUT2D eigenvalue weighted by atomic mass is 10.0. The smallest absolute Gasteiger partial charge is 0.253 e. The van der Waals surface area contributed by atoms with Gasteiger partial charge in [-0.3, -0.25) is 14.3 Å². The Hall–Kier alpha value is -2.78. The van der Waals surface area contributed by atoms with Crippen molar-refractivity contribution < 1.29 is 19.4 Å². The molecule has 2 aromatic rings. The van der Waals surface area contributed by atoms with E-state index in [4.69, 9.17) is 4.74 Å². The van der Waals surface area contributed by atoms with Gasteiger partial charge in [0.1, 0.15) is 5.69 Å². The minimum absolute atomic E-state index is 0.00884. The predicted octanol–water partition coefficient (Wildman–Crippen LogP) is 1.57. The van der Waals surface area contributed by atoms with Crippen LogP contribution in [0, 0.1) is 5.92 Å². The second kappa shape index (κ2) is 11.2. The number of ether oxygens (including phenoxy) is 1. The Labute approximate surface area is 189 Å². The molecule has 0 unspecified atom stereocenters. The van der Waals surface area contributed by atoms with Crippen LogP contribution in [-0.2, 0) is 22.7 Å². The lowest BCUT2D eigenvalue weighted by molar-refractivity contribution is -0.136. The van der Waals surface area contributed by atoms with Gasteiger partial charge in [-0.2, -0.15) is 0 Å². The zero-order valence-electron chi connectivity index (χ0n) is 19.1. The topological polar surface area (TPSA) is 101 Å². The molecule has 3 rings (SSSR count). The first-order valence-electron chi connectivity index (χ1n) is 11.1. The molecule has 0 aliphatic carbocycles. The van der Waals surface area contributed by atoms with Crippen LogP contribution in [0.1, 0.15) is 42.7 Å². The lowest BCUT2D eigenvalue weighted by Gasteiger charge is -2.35. The summed E-state index contributed by atoms with van der Waals surface area (Å²) in [6.07, 6.45) is 2.50. The van der Waals surface area contributed by atoms with Crippen molar-refractivity contribution in [1.82, 2.24) is 24.8 Å². The van der Waals surface area contributed by atoms with E-state index in [1.807, 2.05) is 38.2 Å². The van der Waals surface area contributed by atoms with E-state index in [-0.39, 0.29) is 43.1 Å². The maximum atomic E-state index is 12.9. The second-order valence-corrected chi connectivity index (χ2v) is 8.53. The van der Waals surface area contributed by atoms with Crippen LogP contribution in [0.15, 0.2) is 36.5 Å². The highest BCUT2D eigenvalue weighted by molar-refractivity contribution is 5.94. The van der Waals surface area contributed by atoms with E-state index in [2.05, 4.69) is 10.3 Å². The summed E-state index contributed by atoms with van der Waals surface area (Å²) in [7, 11) is 1.75. The van der Waals surface area contributed by atoms with E-state index in [9.17, 15) is 14.7 Å². The zero-order valence-corrected chi connectivity index (χ0v) is 19.1. The molecule has 1 aliphatic heterocycles. The fraction of sp³-hybridized carbons (Fsp3) is 0.565. The van der Waals surface area contributed by atoms with E-state index in [0.717, 1.165) is 0 Å². The van der Waals surface area contributed by atoms with Gasteiger partial charge in [-0.1, -0.05) is 30.3 Å². The summed E-state index contributed by atoms with van der Waals surface area (Å²) in [5, 5.41) is 18.0. The van der Waals surface area contributed by atoms with Gasteiger partial charge in [0.25, 0.3) is 5.91 Å². The highest BCUT2D eigenvalue weighted by atomic mass is 16.5. The number of rotatable bonds is 5. The summed E-state index contributed by atoms with van der Waals surface area (Å²) in [6.45, 7) is 5.39. The van der Waals surface area contributed by atoms with Crippen LogP contribution in [0.3, 0.4) is 0 Å². The monoisotopic (exact) mass is 443 g/mol. The number of aryl methyl sites for hydroxylation is 1. The largest absolute Gasteiger partial charge is 0.394 e. The van der Waals surface area contributed by atoms with Gasteiger partial charge in [-0.25, -0.2) is 0 Å². The molecule has 9 nitrogen and oxygen atoms in total. The number of aromatic nitrogens is 3. The Morgan fingerprint density at radius 2 is 2.09 bits per heavy atom. The van der Waals surface area contributed by atoms with Crippen molar-refractivity contribution in [2.75, 3.05) is 26.7 Å². The highest BCUT2D eigenvalue weighted by Crippen LogP contribution is 2.18. The quantitative estimate of drug-likeness (QED) is 0.753. The van der Waals surface area contributed by atoms with Gasteiger partial charge in [-0.15, -0.1) is 5.10 Å². The Balaban J connectivity index is 1.80. The van der Waals surface area contributed by atoms with Crippen LogP contribution in [0.5, 0.6) is 0 Å². The zero-order chi connectivity index (χ0) is 23.1. The molecule has 174 valence electrons. The maximum Gasteiger partial charge on any atom is 0.253 e. The number of likely N-dealkylation sites (N-methyl/N-ethyl adjacent to an activating group) is 1. The van der Waals surface area contributed by atoms with Crippen LogP contribution < -0.4 is 0 Å². The molecule has 0 saturated carbocycles. The number of carbonyl (C=O) groups is 2. The van der Waals surface area contributed by atoms with Crippen molar-refractivity contribution in [2.45, 2.75) is 52.0 Å². The summed E-state index contributed by atoms with van der Waals surface area (Å²) in [5.41, 5.74) is 1.33. The Kier molecular flexibility index (Phi) is 8.35. The van der Waals surface area contributed by atoms with Crippen molar-refractivity contribution in [3.8, 4) is 0 Å². The van der Waals surface area contributed by atoms with Gasteiger partial charge in [-0.05, 0) is 25.5 Å². The first-order chi connectivity index (χ1) is 15.4. The summed E-state index contributed by atoms with van der Waals surface area (Å²) in [5.74, 6) is -0.174. The van der Waals surface area contributed by atoms with Gasteiger partial charge in [0.05, 0.1) is 31.6 Å². The summed E-state index contributed by atoms with van der Waals surface area (Å²) >= 11 is 0. The van der Waals surface area contributed by atoms with Crippen molar-refractivity contribution in [2.24, 2.45) is 5.92 Å². The molecule has 1 aliphatic rings. The molecule has 32 heavy (non-hydrogen) atoms. The lowest BCUT2D eigenvalue weighted by Crippen LogP contribution is -2.47. The summed E-state index contributed by atoms with van der Waals surface area (Å²) in [4.78, 5) is 29.2. The number of hydrogen-bond acceptors (Lipinski definition) is 6. The third kappa shape index (κ3) is 6.14. The first-order valence-corrected chi connectivity index (χ1v) is 11.1. The van der Waals surface area contributed by atoms with E-state index in [1.165, 1.54) is 0 Å². The standard InChI is InChI=1S/C23H33N5O4/c1-17-12-28(18(2)15-29)22(30)10-7-11-27-13-20(24-25-27)16-32-21(17)14-26(3)23(31)19-8-5-4-6-9-19/h4-6,8-9,13,17-18,21,29H,7,10-12,14-16H2,1-3H3/t17-,18+,21-/m1/s1. The Morgan fingerprint density at radius 1 is 1.34 bits per heavy atom. The number of nitrogens with zero attached hydrogens (tertiary/aromatic N) is 5. The van der Waals surface area contributed by atoms with Gasteiger partial charge in [0.15, 0.2) is 0 Å². The van der Waals surface area contributed by atoms with Crippen LogP contribution in [-0.4, -0.2) is 80.6 Å². The number of fused-ring (bicyclic) bond motifs is 2. The molecular formula is C23H33N5O4. The van der Waals surface area contributed by atoms with Crippen molar-refractivity contribution >= 4 is 11.8 Å². The van der Waals surface area contributed by atoms with Crippen molar-refractivity contribution in [3.05, 3.63) is 47.8 Å². The van der Waals surface area contributed by atoms with E-state index in [0.29, 0.717) is 43.7 Å². The van der Waals surface area contributed by atoms with Gasteiger partial charge in [0.2, 0.25) is 5.91 Å². The van der Waals surface area contributed by atoms with E-state index < -0.39 is 0 Å².